The molecular formula is C15H31N3O2S. The largest absolute Gasteiger partial charge is 0.315 e. The molecular weight excluding hydrogens is 286 g/mol. The van der Waals surface area contributed by atoms with Gasteiger partial charge >= 0.3 is 0 Å². The summed E-state index contributed by atoms with van der Waals surface area (Å²) in [5.41, 5.74) is 0. The van der Waals surface area contributed by atoms with Crippen molar-refractivity contribution < 1.29 is 8.42 Å². The summed E-state index contributed by atoms with van der Waals surface area (Å²) in [5.74, 6) is 0.299. The van der Waals surface area contributed by atoms with Crippen LogP contribution in [0.5, 0.6) is 0 Å². The minimum Gasteiger partial charge on any atom is -0.315 e. The fourth-order valence-electron chi connectivity index (χ4n) is 3.46. The second-order valence-corrected chi connectivity index (χ2v) is 8.92. The predicted molar refractivity (Wildman–Crippen MR) is 86.9 cm³/mol. The van der Waals surface area contributed by atoms with Crippen molar-refractivity contribution in [3.05, 3.63) is 0 Å². The van der Waals surface area contributed by atoms with Gasteiger partial charge in [0.15, 0.2) is 0 Å². The zero-order chi connectivity index (χ0) is 15.5. The van der Waals surface area contributed by atoms with Gasteiger partial charge in [-0.1, -0.05) is 13.8 Å². The topological polar surface area (TPSA) is 52.7 Å². The third-order valence-electron chi connectivity index (χ3n) is 4.89. The Morgan fingerprint density at radius 1 is 1.14 bits per heavy atom. The Morgan fingerprint density at radius 2 is 1.86 bits per heavy atom. The molecule has 2 rings (SSSR count). The van der Waals surface area contributed by atoms with Crippen molar-refractivity contribution in [3.8, 4) is 0 Å². The molecule has 2 fully saturated rings. The molecule has 0 aromatic carbocycles. The summed E-state index contributed by atoms with van der Waals surface area (Å²) in [5, 5.41) is 3.33. The second-order valence-electron chi connectivity index (χ2n) is 6.83. The average Bonchev–Trinajstić information content (AvgIpc) is 2.61. The standard InChI is InChI=1S/C15H31N3O2S/c1-13(2)16-9-4-5-11-21(19,20)18-10-8-14-6-7-15(12-18)17(14)3/h13-16H,4-12H2,1-3H3. The summed E-state index contributed by atoms with van der Waals surface area (Å²) in [4.78, 5) is 2.39. The third-order valence-corrected chi connectivity index (χ3v) is 6.81. The molecule has 2 bridgehead atoms. The van der Waals surface area contributed by atoms with E-state index in [-0.39, 0.29) is 0 Å². The minimum atomic E-state index is -3.07. The lowest BCUT2D eigenvalue weighted by molar-refractivity contribution is 0.246. The van der Waals surface area contributed by atoms with Gasteiger partial charge in [-0.3, -0.25) is 4.90 Å². The number of rotatable bonds is 7. The molecule has 21 heavy (non-hydrogen) atoms. The molecule has 0 spiro atoms. The van der Waals surface area contributed by atoms with Crippen molar-refractivity contribution in [1.82, 2.24) is 14.5 Å². The van der Waals surface area contributed by atoms with Gasteiger partial charge in [0.2, 0.25) is 10.0 Å². The van der Waals surface area contributed by atoms with Crippen molar-refractivity contribution in [3.63, 3.8) is 0 Å². The average molecular weight is 317 g/mol. The summed E-state index contributed by atoms with van der Waals surface area (Å²) in [6.07, 6.45) is 5.04. The van der Waals surface area contributed by atoms with Crippen molar-refractivity contribution >= 4 is 10.0 Å². The van der Waals surface area contributed by atoms with Crippen LogP contribution in [-0.4, -0.2) is 68.2 Å². The predicted octanol–water partition coefficient (Wildman–Crippen LogP) is 1.26. The molecule has 2 unspecified atom stereocenters. The highest BCUT2D eigenvalue weighted by Crippen LogP contribution is 2.29. The highest BCUT2D eigenvalue weighted by Gasteiger charge is 2.37. The van der Waals surface area contributed by atoms with Crippen LogP contribution in [0.15, 0.2) is 0 Å². The van der Waals surface area contributed by atoms with Crippen LogP contribution in [0.1, 0.15) is 46.0 Å². The lowest BCUT2D eigenvalue weighted by Gasteiger charge is -2.25. The van der Waals surface area contributed by atoms with Crippen LogP contribution in [0.4, 0.5) is 0 Å². The Kier molecular flexibility index (Phi) is 6.05. The SMILES string of the molecule is CC(C)NCCCCS(=O)(=O)N1CCC2CCC(C1)N2C. The van der Waals surface area contributed by atoms with Crippen molar-refractivity contribution in [2.24, 2.45) is 0 Å². The Bertz CT molecular complexity index is 425. The van der Waals surface area contributed by atoms with E-state index in [0.29, 0.717) is 37.0 Å². The number of likely N-dealkylation sites (N-methyl/N-ethyl adjacent to an activating group) is 1. The van der Waals surface area contributed by atoms with E-state index < -0.39 is 10.0 Å². The van der Waals surface area contributed by atoms with Gasteiger partial charge in [-0.25, -0.2) is 12.7 Å². The monoisotopic (exact) mass is 317 g/mol. The summed E-state index contributed by atoms with van der Waals surface area (Å²) >= 11 is 0. The number of sulfonamides is 1. The van der Waals surface area contributed by atoms with Gasteiger partial charge in [0.1, 0.15) is 0 Å². The van der Waals surface area contributed by atoms with E-state index in [1.165, 1.54) is 6.42 Å². The lowest BCUT2D eigenvalue weighted by Crippen LogP contribution is -2.40. The minimum absolute atomic E-state index is 0.299. The van der Waals surface area contributed by atoms with E-state index >= 15 is 0 Å². The van der Waals surface area contributed by atoms with Gasteiger partial charge in [0.05, 0.1) is 5.75 Å². The first kappa shape index (κ1) is 17.2. The van der Waals surface area contributed by atoms with Crippen LogP contribution in [0.3, 0.4) is 0 Å². The number of nitrogens with zero attached hydrogens (tertiary/aromatic N) is 2. The summed E-state index contributed by atoms with van der Waals surface area (Å²) in [6, 6.07) is 1.48. The zero-order valence-corrected chi connectivity index (χ0v) is 14.5. The van der Waals surface area contributed by atoms with Gasteiger partial charge in [-0.05, 0) is 45.7 Å². The highest BCUT2D eigenvalue weighted by molar-refractivity contribution is 7.89. The number of unbranched alkanes of at least 4 members (excludes halogenated alkanes) is 1. The van der Waals surface area contributed by atoms with E-state index in [0.717, 1.165) is 32.2 Å². The van der Waals surface area contributed by atoms with Gasteiger partial charge in [-0.2, -0.15) is 0 Å². The quantitative estimate of drug-likeness (QED) is 0.718. The smallest absolute Gasteiger partial charge is 0.214 e. The van der Waals surface area contributed by atoms with Gasteiger partial charge in [0.25, 0.3) is 0 Å². The highest BCUT2D eigenvalue weighted by atomic mass is 32.2. The molecule has 0 aromatic rings. The van der Waals surface area contributed by atoms with Crippen LogP contribution >= 0.6 is 0 Å². The number of fused-ring (bicyclic) bond motifs is 2. The maximum atomic E-state index is 12.5. The second kappa shape index (κ2) is 7.40. The molecule has 5 nitrogen and oxygen atoms in total. The van der Waals surface area contributed by atoms with E-state index in [9.17, 15) is 8.42 Å². The Balaban J connectivity index is 1.79. The molecule has 0 saturated carbocycles. The Morgan fingerprint density at radius 3 is 2.57 bits per heavy atom. The van der Waals surface area contributed by atoms with Gasteiger partial charge in [0, 0.05) is 31.2 Å². The molecule has 0 radical (unpaired) electrons. The van der Waals surface area contributed by atoms with E-state index in [1.54, 1.807) is 4.31 Å². The van der Waals surface area contributed by atoms with Crippen LogP contribution in [-0.2, 0) is 10.0 Å². The maximum absolute atomic E-state index is 12.5. The molecule has 0 amide bonds. The first-order valence-corrected chi connectivity index (χ1v) is 9.94. The van der Waals surface area contributed by atoms with Gasteiger partial charge < -0.3 is 5.32 Å². The molecule has 2 aliphatic heterocycles. The number of hydrogen-bond acceptors (Lipinski definition) is 4. The van der Waals surface area contributed by atoms with Crippen LogP contribution < -0.4 is 5.32 Å². The van der Waals surface area contributed by atoms with E-state index in [4.69, 9.17) is 0 Å². The maximum Gasteiger partial charge on any atom is 0.214 e. The summed E-state index contributed by atoms with van der Waals surface area (Å²) < 4.78 is 26.8. The summed E-state index contributed by atoms with van der Waals surface area (Å²) in [6.45, 7) is 6.53. The molecule has 6 heteroatoms. The van der Waals surface area contributed by atoms with Gasteiger partial charge in [-0.15, -0.1) is 0 Å². The van der Waals surface area contributed by atoms with Crippen LogP contribution in [0.25, 0.3) is 0 Å². The number of hydrogen-bond donors (Lipinski definition) is 1. The first-order chi connectivity index (χ1) is 9.90. The van der Waals surface area contributed by atoms with E-state index in [2.05, 4.69) is 31.1 Å². The molecule has 0 aromatic heterocycles. The Labute approximate surface area is 130 Å². The fourth-order valence-corrected chi connectivity index (χ4v) is 5.07. The van der Waals surface area contributed by atoms with Crippen molar-refractivity contribution in [2.45, 2.75) is 64.1 Å². The molecule has 2 aliphatic rings. The van der Waals surface area contributed by atoms with Crippen molar-refractivity contribution in [2.75, 3.05) is 32.4 Å². The van der Waals surface area contributed by atoms with Crippen LogP contribution in [0.2, 0.25) is 0 Å². The Hall–Kier alpha value is -0.170. The molecule has 1 N–H and O–H groups in total. The molecule has 2 atom stereocenters. The third kappa shape index (κ3) is 4.65. The molecule has 124 valence electrons. The normalized spacial score (nSPS) is 28.2. The van der Waals surface area contributed by atoms with Crippen LogP contribution in [0, 0.1) is 0 Å². The lowest BCUT2D eigenvalue weighted by atomic mass is 10.1. The molecule has 0 aliphatic carbocycles. The fraction of sp³-hybridized carbons (Fsp3) is 1.00. The zero-order valence-electron chi connectivity index (χ0n) is 13.7. The summed E-state index contributed by atoms with van der Waals surface area (Å²) in [7, 11) is -0.926. The van der Waals surface area contributed by atoms with E-state index in [1.807, 2.05) is 0 Å². The van der Waals surface area contributed by atoms with Crippen molar-refractivity contribution in [1.29, 1.82) is 0 Å². The molecule has 2 saturated heterocycles. The number of nitrogens with one attached hydrogen (secondary N) is 1. The first-order valence-electron chi connectivity index (χ1n) is 8.33. The molecule has 2 heterocycles.